The van der Waals surface area contributed by atoms with E-state index in [2.05, 4.69) is 20.8 Å². The van der Waals surface area contributed by atoms with E-state index in [0.717, 1.165) is 30.2 Å². The van der Waals surface area contributed by atoms with Crippen LogP contribution >= 0.6 is 15.9 Å². The van der Waals surface area contributed by atoms with E-state index in [1.54, 1.807) is 14.7 Å². The zero-order valence-electron chi connectivity index (χ0n) is 14.3. The third-order valence-corrected chi connectivity index (χ3v) is 7.49. The second kappa shape index (κ2) is 8.43. The van der Waals surface area contributed by atoms with Crippen LogP contribution in [0.25, 0.3) is 0 Å². The van der Waals surface area contributed by atoms with Crippen LogP contribution in [0.15, 0.2) is 22.7 Å². The lowest BCUT2D eigenvalue weighted by atomic mass is 10.2. The lowest BCUT2D eigenvalue weighted by molar-refractivity contribution is 0.173. The molecule has 2 saturated heterocycles. The molecule has 0 spiro atoms. The Kier molecular flexibility index (Phi) is 6.49. The first-order valence-electron chi connectivity index (χ1n) is 8.88. The number of benzene rings is 1. The minimum Gasteiger partial charge on any atom is -0.296 e. The summed E-state index contributed by atoms with van der Waals surface area (Å²) in [4.78, 5) is 2.11. The van der Waals surface area contributed by atoms with Crippen LogP contribution in [0.5, 0.6) is 0 Å². The van der Waals surface area contributed by atoms with Gasteiger partial charge in [-0.1, -0.05) is 34.8 Å². The van der Waals surface area contributed by atoms with Crippen molar-refractivity contribution in [2.75, 3.05) is 39.3 Å². The molecule has 0 amide bonds. The fourth-order valence-corrected chi connectivity index (χ4v) is 5.45. The van der Waals surface area contributed by atoms with Gasteiger partial charge in [0.15, 0.2) is 0 Å². The van der Waals surface area contributed by atoms with Crippen LogP contribution in [0.1, 0.15) is 31.2 Å². The average molecular weight is 434 g/mol. The summed E-state index contributed by atoms with van der Waals surface area (Å²) in [6.45, 7) is 3.97. The Balaban J connectivity index is 1.57. The van der Waals surface area contributed by atoms with Gasteiger partial charge in [0.25, 0.3) is 10.2 Å². The van der Waals surface area contributed by atoms with Gasteiger partial charge in [-0.2, -0.15) is 17.0 Å². The van der Waals surface area contributed by atoms with Gasteiger partial charge in [0.2, 0.25) is 0 Å². The monoisotopic (exact) mass is 433 g/mol. The normalized spacial score (nSPS) is 22.0. The summed E-state index contributed by atoms with van der Waals surface area (Å²) in [6, 6.07) is 5.08. The van der Waals surface area contributed by atoms with Crippen molar-refractivity contribution in [2.45, 2.75) is 32.2 Å². The molecule has 2 aliphatic heterocycles. The summed E-state index contributed by atoms with van der Waals surface area (Å²) in [5.41, 5.74) is 0.645. The summed E-state index contributed by atoms with van der Waals surface area (Å²) in [6.07, 6.45) is 4.11. The van der Waals surface area contributed by atoms with Crippen LogP contribution in [0.2, 0.25) is 0 Å². The Morgan fingerprint density at radius 2 is 1.52 bits per heavy atom. The molecule has 0 bridgehead atoms. The first-order chi connectivity index (χ1) is 12.0. The summed E-state index contributed by atoms with van der Waals surface area (Å²) < 4.78 is 43.6. The first-order valence-corrected chi connectivity index (χ1v) is 11.1. The molecule has 0 aliphatic carbocycles. The van der Waals surface area contributed by atoms with E-state index >= 15 is 0 Å². The van der Waals surface area contributed by atoms with Gasteiger partial charge in [-0.15, -0.1) is 0 Å². The van der Waals surface area contributed by atoms with Crippen molar-refractivity contribution >= 4 is 26.1 Å². The van der Waals surface area contributed by atoms with Crippen molar-refractivity contribution < 1.29 is 12.8 Å². The number of hydrogen-bond donors (Lipinski definition) is 0. The van der Waals surface area contributed by atoms with Gasteiger partial charge in [-0.05, 0) is 25.0 Å². The topological polar surface area (TPSA) is 43.9 Å². The number of rotatable bonds is 4. The molecule has 1 aromatic carbocycles. The summed E-state index contributed by atoms with van der Waals surface area (Å²) in [7, 11) is -3.36. The summed E-state index contributed by atoms with van der Waals surface area (Å²) in [5.74, 6) is -0.228. The zero-order chi connectivity index (χ0) is 17.9. The summed E-state index contributed by atoms with van der Waals surface area (Å²) >= 11 is 3.26. The Morgan fingerprint density at radius 3 is 2.12 bits per heavy atom. The van der Waals surface area contributed by atoms with E-state index in [1.165, 1.54) is 6.07 Å². The highest BCUT2D eigenvalue weighted by molar-refractivity contribution is 9.10. The molecule has 1 aromatic rings. The van der Waals surface area contributed by atoms with Crippen molar-refractivity contribution in [1.29, 1.82) is 0 Å². The molecule has 2 heterocycles. The van der Waals surface area contributed by atoms with Gasteiger partial charge in [-0.3, -0.25) is 4.90 Å². The minimum atomic E-state index is -3.36. The van der Waals surface area contributed by atoms with Crippen molar-refractivity contribution in [3.05, 3.63) is 34.1 Å². The molecule has 8 heteroatoms. The zero-order valence-corrected chi connectivity index (χ0v) is 16.7. The lowest BCUT2D eigenvalue weighted by Crippen LogP contribution is -2.52. The van der Waals surface area contributed by atoms with Crippen LogP contribution in [0, 0.1) is 5.82 Å². The molecule has 0 saturated carbocycles. The molecule has 140 valence electrons. The Morgan fingerprint density at radius 1 is 0.920 bits per heavy atom. The number of piperazine rings is 1. The predicted molar refractivity (Wildman–Crippen MR) is 99.9 cm³/mol. The molecular weight excluding hydrogens is 409 g/mol. The van der Waals surface area contributed by atoms with E-state index in [9.17, 15) is 12.8 Å². The second-order valence-corrected chi connectivity index (χ2v) is 9.58. The van der Waals surface area contributed by atoms with Gasteiger partial charge in [0.1, 0.15) is 5.82 Å². The number of nitrogens with zero attached hydrogens (tertiary/aromatic N) is 3. The molecule has 0 aromatic heterocycles. The largest absolute Gasteiger partial charge is 0.296 e. The molecule has 0 atom stereocenters. The number of halogens is 2. The maximum absolute atomic E-state index is 14.0. The van der Waals surface area contributed by atoms with Crippen molar-refractivity contribution in [3.63, 3.8) is 0 Å². The van der Waals surface area contributed by atoms with Crippen LogP contribution in [0.3, 0.4) is 0 Å². The molecular formula is C17H25BrFN3O2S. The average Bonchev–Trinajstić information content (AvgIpc) is 2.88. The smallest absolute Gasteiger partial charge is 0.282 e. The molecule has 2 fully saturated rings. The molecule has 0 radical (unpaired) electrons. The molecule has 5 nitrogen and oxygen atoms in total. The molecule has 0 unspecified atom stereocenters. The van der Waals surface area contributed by atoms with E-state index in [4.69, 9.17) is 0 Å². The predicted octanol–water partition coefficient (Wildman–Crippen LogP) is 2.83. The van der Waals surface area contributed by atoms with E-state index in [-0.39, 0.29) is 5.82 Å². The Bertz CT molecular complexity index is 685. The fraction of sp³-hybridized carbons (Fsp3) is 0.647. The standard InChI is InChI=1S/C17H25BrFN3O2S/c18-16-6-5-15(17(19)13-16)14-20-9-11-22(12-10-20)25(23,24)21-7-3-1-2-4-8-21/h5-6,13H,1-4,7-12,14H2. The third-order valence-electron chi connectivity index (χ3n) is 4.96. The maximum atomic E-state index is 14.0. The minimum absolute atomic E-state index is 0.228. The van der Waals surface area contributed by atoms with Crippen molar-refractivity contribution in [2.24, 2.45) is 0 Å². The Hall–Kier alpha value is -0.540. The van der Waals surface area contributed by atoms with E-state index in [0.29, 0.717) is 51.4 Å². The van der Waals surface area contributed by atoms with Crippen LogP contribution < -0.4 is 0 Å². The second-order valence-electron chi connectivity index (χ2n) is 6.73. The van der Waals surface area contributed by atoms with Crippen molar-refractivity contribution in [3.8, 4) is 0 Å². The van der Waals surface area contributed by atoms with Gasteiger partial charge >= 0.3 is 0 Å². The SMILES string of the molecule is O=S(=O)(N1CCCCCC1)N1CCN(Cc2ccc(Br)cc2F)CC1. The van der Waals surface area contributed by atoms with Gasteiger partial charge in [0, 0.05) is 55.8 Å². The third kappa shape index (κ3) is 4.80. The lowest BCUT2D eigenvalue weighted by Gasteiger charge is -2.36. The van der Waals surface area contributed by atoms with E-state index < -0.39 is 10.2 Å². The quantitative estimate of drug-likeness (QED) is 0.732. The van der Waals surface area contributed by atoms with Crippen LogP contribution in [-0.4, -0.2) is 61.2 Å². The molecule has 3 rings (SSSR count). The Labute approximate surface area is 158 Å². The molecule has 0 N–H and O–H groups in total. The fourth-order valence-electron chi connectivity index (χ4n) is 3.44. The van der Waals surface area contributed by atoms with Gasteiger partial charge in [-0.25, -0.2) is 4.39 Å². The highest BCUT2D eigenvalue weighted by atomic mass is 79.9. The van der Waals surface area contributed by atoms with E-state index in [1.807, 2.05) is 6.07 Å². The highest BCUT2D eigenvalue weighted by Crippen LogP contribution is 2.20. The molecule has 25 heavy (non-hydrogen) atoms. The number of hydrogen-bond acceptors (Lipinski definition) is 3. The van der Waals surface area contributed by atoms with Crippen LogP contribution in [-0.2, 0) is 16.8 Å². The van der Waals surface area contributed by atoms with Crippen LogP contribution in [0.4, 0.5) is 4.39 Å². The summed E-state index contributed by atoms with van der Waals surface area (Å²) in [5, 5.41) is 0. The van der Waals surface area contributed by atoms with Crippen molar-refractivity contribution in [1.82, 2.24) is 13.5 Å². The molecule has 2 aliphatic rings. The highest BCUT2D eigenvalue weighted by Gasteiger charge is 2.32. The maximum Gasteiger partial charge on any atom is 0.282 e. The van der Waals surface area contributed by atoms with Gasteiger partial charge < -0.3 is 0 Å². The van der Waals surface area contributed by atoms with Gasteiger partial charge in [0.05, 0.1) is 0 Å². The first kappa shape index (κ1) is 19.2.